The second-order valence-electron chi connectivity index (χ2n) is 4.53. The van der Waals surface area contributed by atoms with Crippen LogP contribution in [0, 0.1) is 10.1 Å². The Morgan fingerprint density at radius 1 is 1.10 bits per heavy atom. The number of ether oxygens (including phenoxy) is 1. The van der Waals surface area contributed by atoms with Gasteiger partial charge in [-0.25, -0.2) is 0 Å². The molecule has 2 aromatic rings. The predicted molar refractivity (Wildman–Crippen MR) is 82.2 cm³/mol. The standard InChI is InChI=1S/C16H18N2O3/c1-2-21-12-14-8-3-5-9-15(14)17-11-13-7-4-6-10-16(13)18(19)20/h3-10,17H,2,11-12H2,1H3. The van der Waals surface area contributed by atoms with Gasteiger partial charge in [-0.1, -0.05) is 36.4 Å². The first kappa shape index (κ1) is 15.0. The predicted octanol–water partition coefficient (Wildman–Crippen LogP) is 3.74. The number of hydrogen-bond acceptors (Lipinski definition) is 4. The summed E-state index contributed by atoms with van der Waals surface area (Å²) in [5.74, 6) is 0. The minimum atomic E-state index is -0.358. The fraction of sp³-hybridized carbons (Fsp3) is 0.250. The van der Waals surface area contributed by atoms with Crippen molar-refractivity contribution in [3.63, 3.8) is 0 Å². The van der Waals surface area contributed by atoms with Crippen molar-refractivity contribution < 1.29 is 9.66 Å². The minimum absolute atomic E-state index is 0.132. The molecule has 0 aliphatic heterocycles. The molecule has 0 spiro atoms. The Morgan fingerprint density at radius 2 is 1.76 bits per heavy atom. The molecule has 21 heavy (non-hydrogen) atoms. The van der Waals surface area contributed by atoms with Crippen LogP contribution in [0.5, 0.6) is 0 Å². The third-order valence-electron chi connectivity index (χ3n) is 3.14. The second kappa shape index (κ2) is 7.40. The van der Waals surface area contributed by atoms with Crippen LogP contribution in [0.15, 0.2) is 48.5 Å². The fourth-order valence-corrected chi connectivity index (χ4v) is 2.06. The van der Waals surface area contributed by atoms with E-state index in [9.17, 15) is 10.1 Å². The van der Waals surface area contributed by atoms with Crippen LogP contribution in [-0.2, 0) is 17.9 Å². The van der Waals surface area contributed by atoms with Crippen LogP contribution in [0.3, 0.4) is 0 Å². The first-order chi connectivity index (χ1) is 10.2. The topological polar surface area (TPSA) is 64.4 Å². The lowest BCUT2D eigenvalue weighted by molar-refractivity contribution is -0.385. The summed E-state index contributed by atoms with van der Waals surface area (Å²) >= 11 is 0. The Balaban J connectivity index is 2.12. The lowest BCUT2D eigenvalue weighted by Gasteiger charge is -2.12. The highest BCUT2D eigenvalue weighted by Crippen LogP contribution is 2.21. The summed E-state index contributed by atoms with van der Waals surface area (Å²) in [4.78, 5) is 10.6. The van der Waals surface area contributed by atoms with Crippen LogP contribution >= 0.6 is 0 Å². The number of benzene rings is 2. The molecule has 0 fully saturated rings. The van der Waals surface area contributed by atoms with Crippen LogP contribution in [-0.4, -0.2) is 11.5 Å². The zero-order valence-corrected chi connectivity index (χ0v) is 11.9. The summed E-state index contributed by atoms with van der Waals surface area (Å²) in [6.45, 7) is 3.53. The highest BCUT2D eigenvalue weighted by Gasteiger charge is 2.12. The van der Waals surface area contributed by atoms with E-state index in [1.54, 1.807) is 18.2 Å². The number of para-hydroxylation sites is 2. The molecule has 0 amide bonds. The average molecular weight is 286 g/mol. The maximum atomic E-state index is 11.0. The second-order valence-corrected chi connectivity index (χ2v) is 4.53. The molecule has 5 heteroatoms. The molecule has 0 aliphatic rings. The monoisotopic (exact) mass is 286 g/mol. The van der Waals surface area contributed by atoms with E-state index in [2.05, 4.69) is 5.32 Å². The molecule has 0 atom stereocenters. The van der Waals surface area contributed by atoms with Crippen LogP contribution in [0.1, 0.15) is 18.1 Å². The van der Waals surface area contributed by atoms with Crippen molar-refractivity contribution in [2.45, 2.75) is 20.1 Å². The zero-order chi connectivity index (χ0) is 15.1. The van der Waals surface area contributed by atoms with Crippen molar-refractivity contribution >= 4 is 11.4 Å². The zero-order valence-electron chi connectivity index (χ0n) is 11.9. The Bertz CT molecular complexity index is 614. The number of nitrogens with zero attached hydrogens (tertiary/aromatic N) is 1. The molecule has 5 nitrogen and oxygen atoms in total. The highest BCUT2D eigenvalue weighted by molar-refractivity contribution is 5.52. The minimum Gasteiger partial charge on any atom is -0.380 e. The SMILES string of the molecule is CCOCc1ccccc1NCc1ccccc1[N+](=O)[O-]. The molecule has 1 N–H and O–H groups in total. The lowest BCUT2D eigenvalue weighted by atomic mass is 10.1. The fourth-order valence-electron chi connectivity index (χ4n) is 2.06. The summed E-state index contributed by atoms with van der Waals surface area (Å²) in [6.07, 6.45) is 0. The van der Waals surface area contributed by atoms with Gasteiger partial charge in [0.2, 0.25) is 0 Å². The third kappa shape index (κ3) is 4.03. The van der Waals surface area contributed by atoms with Gasteiger partial charge in [0, 0.05) is 36.0 Å². The molecular weight excluding hydrogens is 268 g/mol. The maximum absolute atomic E-state index is 11.0. The normalized spacial score (nSPS) is 10.3. The molecule has 0 bridgehead atoms. The van der Waals surface area contributed by atoms with Gasteiger partial charge in [0.05, 0.1) is 11.5 Å². The van der Waals surface area contributed by atoms with Crippen LogP contribution in [0.2, 0.25) is 0 Å². The van der Waals surface area contributed by atoms with Gasteiger partial charge in [0.1, 0.15) is 0 Å². The first-order valence-electron chi connectivity index (χ1n) is 6.84. The molecule has 2 rings (SSSR count). The van der Waals surface area contributed by atoms with E-state index in [1.165, 1.54) is 6.07 Å². The molecule has 0 saturated heterocycles. The van der Waals surface area contributed by atoms with E-state index in [1.807, 2.05) is 31.2 Å². The van der Waals surface area contributed by atoms with E-state index in [4.69, 9.17) is 4.74 Å². The number of nitro benzene ring substituents is 1. The lowest BCUT2D eigenvalue weighted by Crippen LogP contribution is -2.05. The number of anilines is 1. The van der Waals surface area contributed by atoms with Crippen molar-refractivity contribution in [1.29, 1.82) is 0 Å². The van der Waals surface area contributed by atoms with Gasteiger partial charge in [0.15, 0.2) is 0 Å². The number of hydrogen-bond donors (Lipinski definition) is 1. The van der Waals surface area contributed by atoms with Gasteiger partial charge in [0.25, 0.3) is 5.69 Å². The molecular formula is C16H18N2O3. The summed E-state index contributed by atoms with van der Waals surface area (Å²) in [5.41, 5.74) is 2.77. The highest BCUT2D eigenvalue weighted by atomic mass is 16.6. The largest absolute Gasteiger partial charge is 0.380 e. The average Bonchev–Trinajstić information content (AvgIpc) is 2.52. The molecule has 110 valence electrons. The maximum Gasteiger partial charge on any atom is 0.274 e. The molecule has 0 aliphatic carbocycles. The summed E-state index contributed by atoms with van der Waals surface area (Å²) in [5, 5.41) is 14.2. The Kier molecular flexibility index (Phi) is 5.29. The van der Waals surface area contributed by atoms with E-state index in [-0.39, 0.29) is 10.6 Å². The van der Waals surface area contributed by atoms with Gasteiger partial charge < -0.3 is 10.1 Å². The third-order valence-corrected chi connectivity index (χ3v) is 3.14. The number of nitrogens with one attached hydrogen (secondary N) is 1. The van der Waals surface area contributed by atoms with Gasteiger partial charge in [-0.2, -0.15) is 0 Å². The number of rotatable bonds is 7. The van der Waals surface area contributed by atoms with E-state index >= 15 is 0 Å². The summed E-state index contributed by atoms with van der Waals surface area (Å²) < 4.78 is 5.43. The van der Waals surface area contributed by atoms with Gasteiger partial charge in [-0.05, 0) is 13.0 Å². The van der Waals surface area contributed by atoms with Crippen LogP contribution < -0.4 is 5.32 Å². The number of nitro groups is 1. The first-order valence-corrected chi connectivity index (χ1v) is 6.84. The van der Waals surface area contributed by atoms with E-state index < -0.39 is 0 Å². The Morgan fingerprint density at radius 3 is 2.48 bits per heavy atom. The van der Waals surface area contributed by atoms with Gasteiger partial charge >= 0.3 is 0 Å². The van der Waals surface area contributed by atoms with Crippen LogP contribution in [0.4, 0.5) is 11.4 Å². The van der Waals surface area contributed by atoms with Gasteiger partial charge in [-0.3, -0.25) is 10.1 Å². The molecule has 2 aromatic carbocycles. The smallest absolute Gasteiger partial charge is 0.274 e. The molecule has 0 radical (unpaired) electrons. The van der Waals surface area contributed by atoms with Crippen molar-refractivity contribution in [1.82, 2.24) is 0 Å². The van der Waals surface area contributed by atoms with Crippen molar-refractivity contribution in [3.8, 4) is 0 Å². The van der Waals surface area contributed by atoms with E-state index in [0.29, 0.717) is 25.3 Å². The van der Waals surface area contributed by atoms with Crippen LogP contribution in [0.25, 0.3) is 0 Å². The summed E-state index contributed by atoms with van der Waals surface area (Å²) in [7, 11) is 0. The Hall–Kier alpha value is -2.40. The van der Waals surface area contributed by atoms with Crippen molar-refractivity contribution in [2.75, 3.05) is 11.9 Å². The quantitative estimate of drug-likeness (QED) is 0.622. The van der Waals surface area contributed by atoms with Gasteiger partial charge in [-0.15, -0.1) is 0 Å². The van der Waals surface area contributed by atoms with Crippen molar-refractivity contribution in [2.24, 2.45) is 0 Å². The molecule has 0 saturated carbocycles. The van der Waals surface area contributed by atoms with Crippen molar-refractivity contribution in [3.05, 3.63) is 69.8 Å². The molecule has 0 heterocycles. The molecule has 0 unspecified atom stereocenters. The molecule has 0 aromatic heterocycles. The summed E-state index contributed by atoms with van der Waals surface area (Å²) in [6, 6.07) is 14.6. The Labute approximate surface area is 123 Å². The van der Waals surface area contributed by atoms with E-state index in [0.717, 1.165) is 11.3 Å².